The first-order valence-corrected chi connectivity index (χ1v) is 7.06. The summed E-state index contributed by atoms with van der Waals surface area (Å²) in [5.41, 5.74) is 0.0583. The van der Waals surface area contributed by atoms with Gasteiger partial charge < -0.3 is 14.8 Å². The first-order chi connectivity index (χ1) is 9.81. The van der Waals surface area contributed by atoms with E-state index in [9.17, 15) is 18.0 Å². The zero-order valence-corrected chi connectivity index (χ0v) is 12.9. The summed E-state index contributed by atoms with van der Waals surface area (Å²) in [6.45, 7) is 2.01. The van der Waals surface area contributed by atoms with Gasteiger partial charge in [-0.3, -0.25) is 4.79 Å². The van der Waals surface area contributed by atoms with Crippen LogP contribution in [0.15, 0.2) is 22.7 Å². The number of benzene rings is 1. The molecular formula is C13H15BrF3NO3. The van der Waals surface area contributed by atoms with Gasteiger partial charge in [0.25, 0.3) is 0 Å². The van der Waals surface area contributed by atoms with Crippen molar-refractivity contribution in [1.82, 2.24) is 0 Å². The number of anilines is 1. The Bertz CT molecular complexity index is 480. The molecule has 0 fully saturated rings. The van der Waals surface area contributed by atoms with E-state index >= 15 is 0 Å². The van der Waals surface area contributed by atoms with Crippen molar-refractivity contribution in [2.75, 3.05) is 18.5 Å². The van der Waals surface area contributed by atoms with E-state index < -0.39 is 18.1 Å². The molecular weight excluding hydrogens is 355 g/mol. The predicted octanol–water partition coefficient (Wildman–Crippen LogP) is 4.10. The number of hydrogen-bond donors (Lipinski definition) is 1. The SMILES string of the molecule is CCCCOC(=O)CNc1ccc(Br)cc1OC(F)(F)F. The fourth-order valence-electron chi connectivity index (χ4n) is 1.40. The van der Waals surface area contributed by atoms with Gasteiger partial charge in [0.2, 0.25) is 0 Å². The molecule has 0 bridgehead atoms. The molecule has 0 unspecified atom stereocenters. The molecule has 0 radical (unpaired) electrons. The molecule has 21 heavy (non-hydrogen) atoms. The Morgan fingerprint density at radius 1 is 1.38 bits per heavy atom. The molecule has 1 N–H and O–H groups in total. The number of esters is 1. The summed E-state index contributed by atoms with van der Waals surface area (Å²) in [6.07, 6.45) is -3.18. The third-order valence-electron chi connectivity index (χ3n) is 2.35. The molecule has 4 nitrogen and oxygen atoms in total. The topological polar surface area (TPSA) is 47.6 Å². The minimum Gasteiger partial charge on any atom is -0.464 e. The molecule has 1 aromatic carbocycles. The Balaban J connectivity index is 2.63. The quantitative estimate of drug-likeness (QED) is 0.580. The number of carbonyl (C=O) groups is 1. The van der Waals surface area contributed by atoms with Crippen molar-refractivity contribution in [3.05, 3.63) is 22.7 Å². The monoisotopic (exact) mass is 369 g/mol. The number of alkyl halides is 3. The predicted molar refractivity (Wildman–Crippen MR) is 75.2 cm³/mol. The standard InChI is InChI=1S/C13H15BrF3NO3/c1-2-3-6-20-12(19)8-18-10-5-4-9(14)7-11(10)21-13(15,16)17/h4-5,7,18H,2-3,6,8H2,1H3. The summed E-state index contributed by atoms with van der Waals surface area (Å²) in [4.78, 5) is 11.4. The van der Waals surface area contributed by atoms with Crippen LogP contribution in [0.3, 0.4) is 0 Å². The normalized spacial score (nSPS) is 11.1. The fraction of sp³-hybridized carbons (Fsp3) is 0.462. The first-order valence-electron chi connectivity index (χ1n) is 6.26. The molecule has 0 saturated carbocycles. The van der Waals surface area contributed by atoms with Crippen LogP contribution in [0.4, 0.5) is 18.9 Å². The van der Waals surface area contributed by atoms with Gasteiger partial charge >= 0.3 is 12.3 Å². The number of nitrogens with one attached hydrogen (secondary N) is 1. The van der Waals surface area contributed by atoms with Crippen LogP contribution >= 0.6 is 15.9 Å². The van der Waals surface area contributed by atoms with Crippen LogP contribution in [0, 0.1) is 0 Å². The third-order valence-corrected chi connectivity index (χ3v) is 2.85. The highest BCUT2D eigenvalue weighted by Crippen LogP contribution is 2.32. The number of ether oxygens (including phenoxy) is 2. The van der Waals surface area contributed by atoms with Crippen molar-refractivity contribution >= 4 is 27.6 Å². The van der Waals surface area contributed by atoms with Gasteiger partial charge in [-0.25, -0.2) is 0 Å². The van der Waals surface area contributed by atoms with E-state index in [1.54, 1.807) is 0 Å². The minimum atomic E-state index is -4.81. The number of carbonyl (C=O) groups excluding carboxylic acids is 1. The molecule has 0 aromatic heterocycles. The summed E-state index contributed by atoms with van der Waals surface area (Å²) >= 11 is 3.06. The Morgan fingerprint density at radius 3 is 2.71 bits per heavy atom. The highest BCUT2D eigenvalue weighted by molar-refractivity contribution is 9.10. The Kier molecular flexibility index (Phi) is 6.80. The van der Waals surface area contributed by atoms with E-state index in [0.29, 0.717) is 11.1 Å². The van der Waals surface area contributed by atoms with Crippen molar-refractivity contribution < 1.29 is 27.4 Å². The molecule has 8 heteroatoms. The zero-order valence-electron chi connectivity index (χ0n) is 11.3. The average molecular weight is 370 g/mol. The lowest BCUT2D eigenvalue weighted by Gasteiger charge is -2.14. The second-order valence-corrected chi connectivity index (χ2v) is 5.03. The molecule has 0 atom stereocenters. The zero-order chi connectivity index (χ0) is 15.9. The van der Waals surface area contributed by atoms with Crippen LogP contribution in [-0.2, 0) is 9.53 Å². The van der Waals surface area contributed by atoms with Crippen LogP contribution in [0.5, 0.6) is 5.75 Å². The van der Waals surface area contributed by atoms with E-state index in [4.69, 9.17) is 4.74 Å². The lowest BCUT2D eigenvalue weighted by atomic mass is 10.3. The lowest BCUT2D eigenvalue weighted by Crippen LogP contribution is -2.20. The molecule has 0 aliphatic heterocycles. The highest BCUT2D eigenvalue weighted by Gasteiger charge is 2.32. The second kappa shape index (κ2) is 8.11. The van der Waals surface area contributed by atoms with Crippen molar-refractivity contribution in [3.8, 4) is 5.75 Å². The molecule has 0 saturated heterocycles. The van der Waals surface area contributed by atoms with Crippen LogP contribution in [-0.4, -0.2) is 25.5 Å². The fourth-order valence-corrected chi connectivity index (χ4v) is 1.74. The van der Waals surface area contributed by atoms with Gasteiger partial charge in [0.05, 0.1) is 12.3 Å². The number of unbranched alkanes of at least 4 members (excludes halogenated alkanes) is 1. The number of rotatable bonds is 7. The van der Waals surface area contributed by atoms with Crippen molar-refractivity contribution in [3.63, 3.8) is 0 Å². The summed E-state index contributed by atoms with van der Waals surface area (Å²) in [5.74, 6) is -0.956. The second-order valence-electron chi connectivity index (χ2n) is 4.12. The molecule has 118 valence electrons. The van der Waals surface area contributed by atoms with Crippen LogP contribution in [0.1, 0.15) is 19.8 Å². The van der Waals surface area contributed by atoms with Crippen LogP contribution < -0.4 is 10.1 Å². The van der Waals surface area contributed by atoms with Gasteiger partial charge in [0.15, 0.2) is 5.75 Å². The van der Waals surface area contributed by atoms with Crippen molar-refractivity contribution in [2.24, 2.45) is 0 Å². The van der Waals surface area contributed by atoms with E-state index in [2.05, 4.69) is 26.0 Å². The van der Waals surface area contributed by atoms with Gasteiger partial charge in [-0.2, -0.15) is 0 Å². The van der Waals surface area contributed by atoms with Crippen molar-refractivity contribution in [2.45, 2.75) is 26.1 Å². The summed E-state index contributed by atoms with van der Waals surface area (Å²) < 4.78 is 46.1. The summed E-state index contributed by atoms with van der Waals surface area (Å²) in [6, 6.07) is 4.08. The Hall–Kier alpha value is -1.44. The molecule has 0 aliphatic rings. The third kappa shape index (κ3) is 7.22. The van der Waals surface area contributed by atoms with Crippen molar-refractivity contribution in [1.29, 1.82) is 0 Å². The highest BCUT2D eigenvalue weighted by atomic mass is 79.9. The van der Waals surface area contributed by atoms with Gasteiger partial charge in [0.1, 0.15) is 6.54 Å². The Morgan fingerprint density at radius 2 is 2.10 bits per heavy atom. The van der Waals surface area contributed by atoms with Crippen LogP contribution in [0.25, 0.3) is 0 Å². The van der Waals surface area contributed by atoms with E-state index in [-0.39, 0.29) is 12.2 Å². The minimum absolute atomic E-state index is 0.0583. The molecule has 1 aromatic rings. The average Bonchev–Trinajstić information content (AvgIpc) is 2.36. The number of halogens is 4. The first kappa shape index (κ1) is 17.6. The molecule has 1 rings (SSSR count). The maximum Gasteiger partial charge on any atom is 0.573 e. The van der Waals surface area contributed by atoms with Gasteiger partial charge in [0, 0.05) is 4.47 Å². The molecule has 0 heterocycles. The van der Waals surface area contributed by atoms with Crippen LogP contribution in [0.2, 0.25) is 0 Å². The molecule has 0 aliphatic carbocycles. The van der Waals surface area contributed by atoms with Gasteiger partial charge in [-0.15, -0.1) is 13.2 Å². The summed E-state index contributed by atoms with van der Waals surface area (Å²) in [7, 11) is 0. The maximum absolute atomic E-state index is 12.3. The van der Waals surface area contributed by atoms with E-state index in [1.807, 2.05) is 6.92 Å². The van der Waals surface area contributed by atoms with E-state index in [1.165, 1.54) is 12.1 Å². The molecule has 0 amide bonds. The lowest BCUT2D eigenvalue weighted by molar-refractivity contribution is -0.274. The number of hydrogen-bond acceptors (Lipinski definition) is 4. The maximum atomic E-state index is 12.3. The largest absolute Gasteiger partial charge is 0.573 e. The van der Waals surface area contributed by atoms with Gasteiger partial charge in [-0.05, 0) is 24.6 Å². The van der Waals surface area contributed by atoms with E-state index in [0.717, 1.165) is 18.9 Å². The smallest absolute Gasteiger partial charge is 0.464 e. The molecule has 0 spiro atoms. The van der Waals surface area contributed by atoms with Gasteiger partial charge in [-0.1, -0.05) is 29.3 Å². The summed E-state index contributed by atoms with van der Waals surface area (Å²) in [5, 5.41) is 2.57. The Labute approximate surface area is 128 Å².